The molecule has 0 aliphatic carbocycles. The Morgan fingerprint density at radius 1 is 1.25 bits per heavy atom. The van der Waals surface area contributed by atoms with E-state index in [-0.39, 0.29) is 10.9 Å². The molecule has 0 fully saturated rings. The zero-order chi connectivity index (χ0) is 17.4. The Morgan fingerprint density at radius 2 is 2.00 bits per heavy atom. The van der Waals surface area contributed by atoms with Crippen LogP contribution < -0.4 is 10.3 Å². The SMILES string of the molecule is CN(C)c1ccc(-n2cc(C(=O)O)c(=O)c3cc(Cl)ccc32)cn1. The lowest BCUT2D eigenvalue weighted by Crippen LogP contribution is -2.18. The van der Waals surface area contributed by atoms with Crippen LogP contribution in [-0.4, -0.2) is 34.7 Å². The fourth-order valence-electron chi connectivity index (χ4n) is 2.45. The molecular formula is C17H14ClN3O3. The summed E-state index contributed by atoms with van der Waals surface area (Å²) in [7, 11) is 3.75. The Labute approximate surface area is 142 Å². The monoisotopic (exact) mass is 343 g/mol. The van der Waals surface area contributed by atoms with E-state index in [2.05, 4.69) is 4.98 Å². The Kier molecular flexibility index (Phi) is 3.99. The first kappa shape index (κ1) is 16.0. The van der Waals surface area contributed by atoms with Crippen molar-refractivity contribution in [3.05, 3.63) is 63.5 Å². The first-order valence-corrected chi connectivity index (χ1v) is 7.48. The predicted octanol–water partition coefficient (Wildman–Crippen LogP) is 2.80. The molecule has 0 spiro atoms. The molecule has 1 N–H and O–H groups in total. The van der Waals surface area contributed by atoms with Crippen LogP contribution in [0.2, 0.25) is 5.02 Å². The molecule has 122 valence electrons. The van der Waals surface area contributed by atoms with Gasteiger partial charge < -0.3 is 14.6 Å². The quantitative estimate of drug-likeness (QED) is 0.791. The number of hydrogen-bond donors (Lipinski definition) is 1. The van der Waals surface area contributed by atoms with Gasteiger partial charge in [0.15, 0.2) is 0 Å². The molecule has 6 nitrogen and oxygen atoms in total. The molecular weight excluding hydrogens is 330 g/mol. The van der Waals surface area contributed by atoms with Gasteiger partial charge in [0.25, 0.3) is 0 Å². The topological polar surface area (TPSA) is 75.4 Å². The van der Waals surface area contributed by atoms with Crippen LogP contribution in [0.4, 0.5) is 5.82 Å². The summed E-state index contributed by atoms with van der Waals surface area (Å²) < 4.78 is 1.63. The summed E-state index contributed by atoms with van der Waals surface area (Å²) in [6, 6.07) is 8.44. The van der Waals surface area contributed by atoms with Gasteiger partial charge in [-0.15, -0.1) is 0 Å². The minimum atomic E-state index is -1.28. The molecule has 0 saturated carbocycles. The second-order valence-corrected chi connectivity index (χ2v) is 5.91. The second kappa shape index (κ2) is 5.98. The van der Waals surface area contributed by atoms with E-state index < -0.39 is 11.4 Å². The largest absolute Gasteiger partial charge is 0.477 e. The standard InChI is InChI=1S/C17H14ClN3O3/c1-20(2)15-6-4-11(8-19-15)21-9-13(17(23)24)16(22)12-7-10(18)3-5-14(12)21/h3-9H,1-2H3,(H,23,24). The highest BCUT2D eigenvalue weighted by Crippen LogP contribution is 2.21. The molecule has 1 aromatic carbocycles. The summed E-state index contributed by atoms with van der Waals surface area (Å²) in [6.45, 7) is 0. The maximum absolute atomic E-state index is 12.4. The minimum Gasteiger partial charge on any atom is -0.477 e. The number of fused-ring (bicyclic) bond motifs is 1. The Morgan fingerprint density at radius 3 is 2.58 bits per heavy atom. The number of halogens is 1. The number of benzene rings is 1. The summed E-state index contributed by atoms with van der Waals surface area (Å²) in [4.78, 5) is 30.0. The number of pyridine rings is 2. The molecule has 7 heteroatoms. The van der Waals surface area contributed by atoms with Crippen molar-refractivity contribution in [2.75, 3.05) is 19.0 Å². The van der Waals surface area contributed by atoms with Gasteiger partial charge in [-0.25, -0.2) is 9.78 Å². The molecule has 2 aromatic heterocycles. The van der Waals surface area contributed by atoms with Gasteiger partial charge in [-0.05, 0) is 30.3 Å². The van der Waals surface area contributed by atoms with Crippen LogP contribution in [-0.2, 0) is 0 Å². The summed E-state index contributed by atoms with van der Waals surface area (Å²) in [5, 5.41) is 9.93. The average molecular weight is 344 g/mol. The highest BCUT2D eigenvalue weighted by atomic mass is 35.5. The van der Waals surface area contributed by atoms with Crippen molar-refractivity contribution < 1.29 is 9.90 Å². The highest BCUT2D eigenvalue weighted by Gasteiger charge is 2.16. The lowest BCUT2D eigenvalue weighted by Gasteiger charge is -2.15. The summed E-state index contributed by atoms with van der Waals surface area (Å²) in [5.74, 6) is -0.515. The minimum absolute atomic E-state index is 0.249. The number of rotatable bonds is 3. The zero-order valence-corrected chi connectivity index (χ0v) is 13.8. The number of anilines is 1. The molecule has 0 radical (unpaired) electrons. The smallest absolute Gasteiger partial charge is 0.341 e. The van der Waals surface area contributed by atoms with Gasteiger partial charge >= 0.3 is 5.97 Å². The Bertz CT molecular complexity index is 994. The molecule has 24 heavy (non-hydrogen) atoms. The van der Waals surface area contributed by atoms with Crippen molar-refractivity contribution in [1.82, 2.24) is 9.55 Å². The number of hydrogen-bond acceptors (Lipinski definition) is 4. The third kappa shape index (κ3) is 2.72. The second-order valence-electron chi connectivity index (χ2n) is 5.48. The van der Waals surface area contributed by atoms with E-state index in [9.17, 15) is 14.7 Å². The molecule has 3 aromatic rings. The third-order valence-electron chi connectivity index (χ3n) is 3.66. The summed E-state index contributed by atoms with van der Waals surface area (Å²) >= 11 is 5.96. The summed E-state index contributed by atoms with van der Waals surface area (Å²) in [6.07, 6.45) is 2.94. The van der Waals surface area contributed by atoms with Gasteiger partial charge in [-0.1, -0.05) is 11.6 Å². The van der Waals surface area contributed by atoms with Crippen LogP contribution in [0, 0.1) is 0 Å². The van der Waals surface area contributed by atoms with Crippen molar-refractivity contribution in [1.29, 1.82) is 0 Å². The van der Waals surface area contributed by atoms with E-state index in [1.165, 1.54) is 12.3 Å². The van der Waals surface area contributed by atoms with Crippen molar-refractivity contribution in [2.24, 2.45) is 0 Å². The molecule has 2 heterocycles. The molecule has 0 aliphatic heterocycles. The fraction of sp³-hybridized carbons (Fsp3) is 0.118. The fourth-order valence-corrected chi connectivity index (χ4v) is 2.63. The number of carboxylic acids is 1. The van der Waals surface area contributed by atoms with Gasteiger partial charge in [0.05, 0.1) is 17.4 Å². The van der Waals surface area contributed by atoms with Crippen LogP contribution >= 0.6 is 11.6 Å². The number of carbonyl (C=O) groups is 1. The molecule has 0 unspecified atom stereocenters. The number of nitrogens with zero attached hydrogens (tertiary/aromatic N) is 3. The zero-order valence-electron chi connectivity index (χ0n) is 13.0. The van der Waals surface area contributed by atoms with Crippen molar-refractivity contribution in [3.63, 3.8) is 0 Å². The number of aromatic carboxylic acids is 1. The molecule has 3 rings (SSSR count). The van der Waals surface area contributed by atoms with Crippen molar-refractivity contribution in [3.8, 4) is 5.69 Å². The van der Waals surface area contributed by atoms with Crippen LogP contribution in [0.25, 0.3) is 16.6 Å². The van der Waals surface area contributed by atoms with Gasteiger partial charge in [0.2, 0.25) is 5.43 Å². The van der Waals surface area contributed by atoms with Crippen LogP contribution in [0.3, 0.4) is 0 Å². The molecule has 0 saturated heterocycles. The molecule has 0 bridgehead atoms. The van der Waals surface area contributed by atoms with E-state index in [1.807, 2.05) is 31.1 Å². The highest BCUT2D eigenvalue weighted by molar-refractivity contribution is 6.31. The first-order valence-electron chi connectivity index (χ1n) is 7.10. The lowest BCUT2D eigenvalue weighted by molar-refractivity contribution is 0.0695. The third-order valence-corrected chi connectivity index (χ3v) is 3.90. The van der Waals surface area contributed by atoms with E-state index in [0.717, 1.165) is 5.82 Å². The van der Waals surface area contributed by atoms with Crippen LogP contribution in [0.1, 0.15) is 10.4 Å². The normalized spacial score (nSPS) is 10.8. The van der Waals surface area contributed by atoms with E-state index in [1.54, 1.807) is 22.9 Å². The molecule has 0 amide bonds. The molecule has 0 aliphatic rings. The van der Waals surface area contributed by atoms with Gasteiger partial charge in [0, 0.05) is 30.7 Å². The molecule has 0 atom stereocenters. The number of aromatic nitrogens is 2. The Balaban J connectivity index is 2.32. The van der Waals surface area contributed by atoms with E-state index in [0.29, 0.717) is 16.2 Å². The Hall–Kier alpha value is -2.86. The summed E-state index contributed by atoms with van der Waals surface area (Å²) in [5.41, 5.74) is 0.333. The average Bonchev–Trinajstić information content (AvgIpc) is 2.55. The maximum Gasteiger partial charge on any atom is 0.341 e. The van der Waals surface area contributed by atoms with Crippen molar-refractivity contribution in [2.45, 2.75) is 0 Å². The van der Waals surface area contributed by atoms with Crippen molar-refractivity contribution >= 4 is 34.3 Å². The van der Waals surface area contributed by atoms with E-state index >= 15 is 0 Å². The van der Waals surface area contributed by atoms with Gasteiger partial charge in [-0.2, -0.15) is 0 Å². The predicted molar refractivity (Wildman–Crippen MR) is 93.6 cm³/mol. The van der Waals surface area contributed by atoms with E-state index in [4.69, 9.17) is 11.6 Å². The van der Waals surface area contributed by atoms with Crippen LogP contribution in [0.5, 0.6) is 0 Å². The first-order chi connectivity index (χ1) is 11.4. The lowest BCUT2D eigenvalue weighted by atomic mass is 10.1. The van der Waals surface area contributed by atoms with Gasteiger partial charge in [0.1, 0.15) is 11.4 Å². The number of carboxylic acid groups (broad SMARTS) is 1. The maximum atomic E-state index is 12.4. The van der Waals surface area contributed by atoms with Crippen LogP contribution in [0.15, 0.2) is 47.5 Å². The van der Waals surface area contributed by atoms with Gasteiger partial charge in [-0.3, -0.25) is 4.79 Å².